The second-order valence-electron chi connectivity index (χ2n) is 2.83. The quantitative estimate of drug-likeness (QED) is 0.402. The van der Waals surface area contributed by atoms with Crippen molar-refractivity contribution in [3.05, 3.63) is 34.9 Å². The molecule has 0 aliphatic heterocycles. The maximum absolute atomic E-state index is 8.69. The Labute approximate surface area is 76.9 Å². The molecule has 0 saturated heterocycles. The summed E-state index contributed by atoms with van der Waals surface area (Å²) in [6.45, 7) is 3.76. The lowest BCUT2D eigenvalue weighted by molar-refractivity contribution is 0.320. The fourth-order valence-electron chi connectivity index (χ4n) is 1.32. The molecular weight excluding hydrogens is 164 g/mol. The van der Waals surface area contributed by atoms with Crippen LogP contribution in [-0.2, 0) is 0 Å². The molecule has 0 spiro atoms. The summed E-state index contributed by atoms with van der Waals surface area (Å²) in [6.07, 6.45) is 0. The van der Waals surface area contributed by atoms with Crippen LogP contribution >= 0.6 is 0 Å². The number of aryl methyl sites for hydroxylation is 2. The van der Waals surface area contributed by atoms with Crippen molar-refractivity contribution in [1.29, 1.82) is 5.26 Å². The molecule has 1 N–H and O–H groups in total. The summed E-state index contributed by atoms with van der Waals surface area (Å²) in [4.78, 5) is 0. The SMILES string of the molecule is Cc1cccc(C)c1C(C#N)=NO. The van der Waals surface area contributed by atoms with Crippen LogP contribution in [0.5, 0.6) is 0 Å². The Kier molecular flexibility index (Phi) is 2.65. The van der Waals surface area contributed by atoms with Crippen molar-refractivity contribution < 1.29 is 5.21 Å². The number of benzene rings is 1. The van der Waals surface area contributed by atoms with Gasteiger partial charge in [-0.05, 0) is 25.0 Å². The number of oxime groups is 1. The molecule has 0 unspecified atom stereocenters. The highest BCUT2D eigenvalue weighted by atomic mass is 16.4. The zero-order chi connectivity index (χ0) is 9.84. The van der Waals surface area contributed by atoms with Crippen molar-refractivity contribution in [2.45, 2.75) is 13.8 Å². The van der Waals surface area contributed by atoms with Crippen molar-refractivity contribution in [1.82, 2.24) is 0 Å². The molecule has 0 fully saturated rings. The minimum Gasteiger partial charge on any atom is -0.410 e. The second-order valence-corrected chi connectivity index (χ2v) is 2.83. The molecule has 13 heavy (non-hydrogen) atoms. The molecular formula is C10H10N2O. The summed E-state index contributed by atoms with van der Waals surface area (Å²) in [7, 11) is 0. The average Bonchev–Trinajstić information content (AvgIpc) is 2.11. The van der Waals surface area contributed by atoms with E-state index >= 15 is 0 Å². The van der Waals surface area contributed by atoms with Crippen LogP contribution in [-0.4, -0.2) is 10.9 Å². The van der Waals surface area contributed by atoms with Gasteiger partial charge >= 0.3 is 0 Å². The lowest BCUT2D eigenvalue weighted by Crippen LogP contribution is -2.02. The molecule has 0 aliphatic rings. The van der Waals surface area contributed by atoms with Gasteiger partial charge in [-0.15, -0.1) is 0 Å². The van der Waals surface area contributed by atoms with Crippen molar-refractivity contribution in [2.75, 3.05) is 0 Å². The molecule has 1 rings (SSSR count). The first-order valence-electron chi connectivity index (χ1n) is 3.89. The van der Waals surface area contributed by atoms with Gasteiger partial charge in [-0.3, -0.25) is 0 Å². The maximum Gasteiger partial charge on any atom is 0.187 e. The largest absolute Gasteiger partial charge is 0.410 e. The van der Waals surface area contributed by atoms with Crippen molar-refractivity contribution in [2.24, 2.45) is 5.16 Å². The van der Waals surface area contributed by atoms with Crippen molar-refractivity contribution in [3.63, 3.8) is 0 Å². The number of nitriles is 1. The minimum atomic E-state index is 0.0654. The molecule has 0 amide bonds. The highest BCUT2D eigenvalue weighted by molar-refractivity contribution is 6.13. The highest BCUT2D eigenvalue weighted by Crippen LogP contribution is 2.13. The molecule has 3 nitrogen and oxygen atoms in total. The summed E-state index contributed by atoms with van der Waals surface area (Å²) in [5.74, 6) is 0. The van der Waals surface area contributed by atoms with Crippen LogP contribution in [0.25, 0.3) is 0 Å². The molecule has 66 valence electrons. The van der Waals surface area contributed by atoms with E-state index < -0.39 is 0 Å². The molecule has 0 bridgehead atoms. The highest BCUT2D eigenvalue weighted by Gasteiger charge is 2.08. The van der Waals surface area contributed by atoms with E-state index in [1.165, 1.54) is 0 Å². The average molecular weight is 174 g/mol. The van der Waals surface area contributed by atoms with Crippen molar-refractivity contribution >= 4 is 5.71 Å². The van der Waals surface area contributed by atoms with Crippen LogP contribution < -0.4 is 0 Å². The van der Waals surface area contributed by atoms with Gasteiger partial charge in [-0.1, -0.05) is 23.4 Å². The van der Waals surface area contributed by atoms with E-state index in [2.05, 4.69) is 5.16 Å². The summed E-state index contributed by atoms with van der Waals surface area (Å²) in [5.41, 5.74) is 2.66. The Morgan fingerprint density at radius 2 is 1.92 bits per heavy atom. The molecule has 0 aromatic heterocycles. The van der Waals surface area contributed by atoms with Gasteiger partial charge in [0.15, 0.2) is 5.71 Å². The maximum atomic E-state index is 8.69. The summed E-state index contributed by atoms with van der Waals surface area (Å²) >= 11 is 0. The topological polar surface area (TPSA) is 56.4 Å². The van der Waals surface area contributed by atoms with Gasteiger partial charge in [0, 0.05) is 5.56 Å². The summed E-state index contributed by atoms with van der Waals surface area (Å²) < 4.78 is 0. The van der Waals surface area contributed by atoms with E-state index in [0.717, 1.165) is 11.1 Å². The summed E-state index contributed by atoms with van der Waals surface area (Å²) in [5, 5.41) is 20.2. The van der Waals surface area contributed by atoms with Gasteiger partial charge in [0.05, 0.1) is 0 Å². The van der Waals surface area contributed by atoms with Crippen LogP contribution in [0.1, 0.15) is 16.7 Å². The molecule has 0 saturated carbocycles. The van der Waals surface area contributed by atoms with Gasteiger partial charge in [0.25, 0.3) is 0 Å². The van der Waals surface area contributed by atoms with Gasteiger partial charge in [0.2, 0.25) is 0 Å². The Morgan fingerprint density at radius 3 is 2.31 bits per heavy atom. The third-order valence-electron chi connectivity index (χ3n) is 1.92. The lowest BCUT2D eigenvalue weighted by atomic mass is 9.99. The number of nitrogens with zero attached hydrogens (tertiary/aromatic N) is 2. The Hall–Kier alpha value is -1.82. The molecule has 1 aromatic carbocycles. The smallest absolute Gasteiger partial charge is 0.187 e. The van der Waals surface area contributed by atoms with Crippen LogP contribution in [0.15, 0.2) is 23.4 Å². The van der Waals surface area contributed by atoms with Gasteiger partial charge < -0.3 is 5.21 Å². The first kappa shape index (κ1) is 9.27. The lowest BCUT2D eigenvalue weighted by Gasteiger charge is -2.04. The van der Waals surface area contributed by atoms with E-state index in [-0.39, 0.29) is 5.71 Å². The molecule has 0 heterocycles. The Morgan fingerprint density at radius 1 is 1.38 bits per heavy atom. The zero-order valence-electron chi connectivity index (χ0n) is 7.57. The van der Waals surface area contributed by atoms with Crippen LogP contribution in [0.4, 0.5) is 0 Å². The monoisotopic (exact) mass is 174 g/mol. The third-order valence-corrected chi connectivity index (χ3v) is 1.92. The van der Waals surface area contributed by atoms with Crippen LogP contribution in [0, 0.1) is 25.2 Å². The molecule has 0 atom stereocenters. The normalized spacial score (nSPS) is 11.0. The van der Waals surface area contributed by atoms with E-state index in [0.29, 0.717) is 5.56 Å². The molecule has 3 heteroatoms. The van der Waals surface area contributed by atoms with Crippen LogP contribution in [0.3, 0.4) is 0 Å². The predicted octanol–water partition coefficient (Wildman–Crippen LogP) is 2.01. The van der Waals surface area contributed by atoms with E-state index in [1.807, 2.05) is 38.1 Å². The van der Waals surface area contributed by atoms with Crippen molar-refractivity contribution in [3.8, 4) is 6.07 Å². The third kappa shape index (κ3) is 1.67. The predicted molar refractivity (Wildman–Crippen MR) is 49.9 cm³/mol. The van der Waals surface area contributed by atoms with Gasteiger partial charge in [-0.25, -0.2) is 0 Å². The van der Waals surface area contributed by atoms with Gasteiger partial charge in [-0.2, -0.15) is 5.26 Å². The zero-order valence-corrected chi connectivity index (χ0v) is 7.57. The Balaban J connectivity index is 3.38. The van der Waals surface area contributed by atoms with E-state index in [1.54, 1.807) is 0 Å². The number of hydrogen-bond donors (Lipinski definition) is 1. The first-order chi connectivity index (χ1) is 6.20. The minimum absolute atomic E-state index is 0.0654. The molecule has 0 radical (unpaired) electrons. The summed E-state index contributed by atoms with van der Waals surface area (Å²) in [6, 6.07) is 7.51. The fourth-order valence-corrected chi connectivity index (χ4v) is 1.32. The van der Waals surface area contributed by atoms with Crippen LogP contribution in [0.2, 0.25) is 0 Å². The molecule has 0 aliphatic carbocycles. The van der Waals surface area contributed by atoms with E-state index in [4.69, 9.17) is 10.5 Å². The fraction of sp³-hybridized carbons (Fsp3) is 0.200. The second kappa shape index (κ2) is 3.72. The Bertz CT molecular complexity index is 368. The number of hydrogen-bond acceptors (Lipinski definition) is 3. The van der Waals surface area contributed by atoms with E-state index in [9.17, 15) is 0 Å². The number of rotatable bonds is 1. The standard InChI is InChI=1S/C10H10N2O/c1-7-4-3-5-8(2)10(7)9(6-11)12-13/h3-5,13H,1-2H3. The molecule has 1 aromatic rings. The van der Waals surface area contributed by atoms with Gasteiger partial charge in [0.1, 0.15) is 6.07 Å². The first-order valence-corrected chi connectivity index (χ1v) is 3.89.